The monoisotopic (exact) mass is 364 g/mol. The van der Waals surface area contributed by atoms with E-state index in [1.807, 2.05) is 65.3 Å². The molecule has 0 N–H and O–H groups in total. The van der Waals surface area contributed by atoms with Crippen LogP contribution in [0.5, 0.6) is 0 Å². The lowest BCUT2D eigenvalue weighted by molar-refractivity contribution is 1.18. The fourth-order valence-electron chi connectivity index (χ4n) is 2.63. The maximum atomic E-state index is 5.95. The zero-order chi connectivity index (χ0) is 17.2. The summed E-state index contributed by atoms with van der Waals surface area (Å²) in [6.07, 6.45) is 8.17. The Morgan fingerprint density at radius 2 is 1.40 bits per heavy atom. The van der Waals surface area contributed by atoms with Crippen molar-refractivity contribution in [3.63, 3.8) is 0 Å². The summed E-state index contributed by atoms with van der Waals surface area (Å²) in [4.78, 5) is 4.71. The lowest BCUT2D eigenvalue weighted by Gasteiger charge is -1.97. The highest BCUT2D eigenvalue weighted by Crippen LogP contribution is 2.22. The van der Waals surface area contributed by atoms with Crippen LogP contribution in [0, 0.1) is 0 Å². The molecule has 0 atom stereocenters. The van der Waals surface area contributed by atoms with E-state index in [0.717, 1.165) is 38.1 Å². The molecule has 0 fully saturated rings. The first kappa shape index (κ1) is 15.9. The average molecular weight is 365 g/mol. The molecule has 0 radical (unpaired) electrons. The van der Waals surface area contributed by atoms with Crippen molar-refractivity contribution in [2.45, 2.75) is 0 Å². The van der Waals surface area contributed by atoms with Crippen LogP contribution in [0.4, 0.5) is 0 Å². The van der Waals surface area contributed by atoms with Crippen LogP contribution in [0.3, 0.4) is 0 Å². The number of hydrogen-bond acceptors (Lipinski definition) is 1. The van der Waals surface area contributed by atoms with Gasteiger partial charge in [0.15, 0.2) is 0 Å². The van der Waals surface area contributed by atoms with Crippen molar-refractivity contribution in [2.75, 3.05) is 0 Å². The van der Waals surface area contributed by atoms with Crippen molar-refractivity contribution in [1.82, 2.24) is 9.38 Å². The first-order valence-electron chi connectivity index (χ1n) is 7.86. The number of pyridine rings is 1. The maximum Gasteiger partial charge on any atom is 0.138 e. The lowest BCUT2D eigenvalue weighted by atomic mass is 10.1. The van der Waals surface area contributed by atoms with E-state index in [1.165, 1.54) is 0 Å². The predicted octanol–water partition coefficient (Wildman–Crippen LogP) is 6.48. The highest BCUT2D eigenvalue weighted by Gasteiger charge is 2.04. The molecule has 4 aromatic rings. The molecular formula is C21H14Cl2N2. The van der Waals surface area contributed by atoms with Gasteiger partial charge >= 0.3 is 0 Å². The fraction of sp³-hybridized carbons (Fsp3) is 0. The van der Waals surface area contributed by atoms with Crippen LogP contribution in [0.1, 0.15) is 11.1 Å². The number of fused-ring (bicyclic) bond motifs is 1. The van der Waals surface area contributed by atoms with Gasteiger partial charge in [0.05, 0.1) is 5.69 Å². The van der Waals surface area contributed by atoms with Crippen LogP contribution < -0.4 is 0 Å². The number of imidazole rings is 1. The van der Waals surface area contributed by atoms with Crippen LogP contribution in [0.2, 0.25) is 10.0 Å². The third-order valence-electron chi connectivity index (χ3n) is 3.96. The average Bonchev–Trinajstić information content (AvgIpc) is 3.05. The molecule has 2 nitrogen and oxygen atoms in total. The van der Waals surface area contributed by atoms with Crippen LogP contribution in [0.15, 0.2) is 73.1 Å². The van der Waals surface area contributed by atoms with Gasteiger partial charge < -0.3 is 4.40 Å². The van der Waals surface area contributed by atoms with Gasteiger partial charge in [0, 0.05) is 28.0 Å². The Balaban J connectivity index is 1.63. The first-order chi connectivity index (χ1) is 12.2. The topological polar surface area (TPSA) is 17.3 Å². The number of benzene rings is 2. The van der Waals surface area contributed by atoms with Crippen molar-refractivity contribution in [3.05, 3.63) is 94.2 Å². The highest BCUT2D eigenvalue weighted by molar-refractivity contribution is 6.30. The summed E-state index contributed by atoms with van der Waals surface area (Å²) >= 11 is 11.9. The van der Waals surface area contributed by atoms with Gasteiger partial charge in [-0.1, -0.05) is 59.6 Å². The van der Waals surface area contributed by atoms with Gasteiger partial charge in [0.1, 0.15) is 5.65 Å². The Labute approximate surface area is 156 Å². The Kier molecular flexibility index (Phi) is 4.31. The van der Waals surface area contributed by atoms with E-state index in [0.29, 0.717) is 0 Å². The molecule has 2 aromatic carbocycles. The van der Waals surface area contributed by atoms with Gasteiger partial charge in [0.2, 0.25) is 0 Å². The number of nitrogens with zero attached hydrogens (tertiary/aromatic N) is 2. The zero-order valence-electron chi connectivity index (χ0n) is 13.2. The summed E-state index contributed by atoms with van der Waals surface area (Å²) in [5, 5.41) is 1.47. The molecule has 0 unspecified atom stereocenters. The van der Waals surface area contributed by atoms with E-state index in [9.17, 15) is 0 Å². The smallest absolute Gasteiger partial charge is 0.138 e. The number of rotatable bonds is 3. The van der Waals surface area contributed by atoms with Crippen molar-refractivity contribution >= 4 is 41.0 Å². The van der Waals surface area contributed by atoms with E-state index >= 15 is 0 Å². The minimum Gasteiger partial charge on any atom is -0.306 e. The maximum absolute atomic E-state index is 5.95. The normalized spacial score (nSPS) is 11.4. The number of halogens is 2. The molecular weight excluding hydrogens is 351 g/mol. The molecule has 0 bridgehead atoms. The Morgan fingerprint density at radius 3 is 2.12 bits per heavy atom. The van der Waals surface area contributed by atoms with Gasteiger partial charge in [-0.15, -0.1) is 0 Å². The van der Waals surface area contributed by atoms with Crippen LogP contribution in [-0.4, -0.2) is 9.38 Å². The predicted molar refractivity (Wildman–Crippen MR) is 106 cm³/mol. The van der Waals surface area contributed by atoms with E-state index in [1.54, 1.807) is 0 Å². The SMILES string of the molecule is Clc1ccc(C=Cc2ccn3cc(-c4ccc(Cl)cc4)nc3c2)cc1. The summed E-state index contributed by atoms with van der Waals surface area (Å²) in [6.45, 7) is 0. The van der Waals surface area contributed by atoms with Gasteiger partial charge in [0.25, 0.3) is 0 Å². The Hall–Kier alpha value is -2.55. The van der Waals surface area contributed by atoms with Gasteiger partial charge in [-0.25, -0.2) is 4.98 Å². The highest BCUT2D eigenvalue weighted by atomic mass is 35.5. The largest absolute Gasteiger partial charge is 0.306 e. The van der Waals surface area contributed by atoms with Gasteiger partial charge in [-0.05, 0) is 47.5 Å². The van der Waals surface area contributed by atoms with Crippen LogP contribution in [-0.2, 0) is 0 Å². The van der Waals surface area contributed by atoms with Crippen molar-refractivity contribution in [1.29, 1.82) is 0 Å². The second kappa shape index (κ2) is 6.75. The van der Waals surface area contributed by atoms with Gasteiger partial charge in [-0.3, -0.25) is 0 Å². The summed E-state index contributed by atoms with van der Waals surface area (Å²) in [5.41, 5.74) is 5.08. The summed E-state index contributed by atoms with van der Waals surface area (Å²) in [6, 6.07) is 19.6. The molecule has 2 heterocycles. The van der Waals surface area contributed by atoms with E-state index in [4.69, 9.17) is 28.2 Å². The van der Waals surface area contributed by atoms with Crippen LogP contribution >= 0.6 is 23.2 Å². The third-order valence-corrected chi connectivity index (χ3v) is 4.47. The number of aromatic nitrogens is 2. The molecule has 0 spiro atoms. The quantitative estimate of drug-likeness (QED) is 0.406. The minimum atomic E-state index is 0.724. The standard InChI is InChI=1S/C21H14Cl2N2/c22-18-7-3-15(4-8-18)1-2-16-11-12-25-14-20(24-21(25)13-16)17-5-9-19(23)10-6-17/h1-14H. The molecule has 0 aliphatic rings. The van der Waals surface area contributed by atoms with Crippen molar-refractivity contribution in [2.24, 2.45) is 0 Å². The fourth-order valence-corrected chi connectivity index (χ4v) is 2.88. The summed E-state index contributed by atoms with van der Waals surface area (Å²) in [7, 11) is 0. The molecule has 0 aliphatic heterocycles. The van der Waals surface area contributed by atoms with Gasteiger partial charge in [-0.2, -0.15) is 0 Å². The van der Waals surface area contributed by atoms with Crippen LogP contribution in [0.25, 0.3) is 29.1 Å². The summed E-state index contributed by atoms with van der Waals surface area (Å²) in [5.74, 6) is 0. The molecule has 4 rings (SSSR count). The van der Waals surface area contributed by atoms with Crippen molar-refractivity contribution < 1.29 is 0 Å². The lowest BCUT2D eigenvalue weighted by Crippen LogP contribution is -1.82. The molecule has 4 heteroatoms. The zero-order valence-corrected chi connectivity index (χ0v) is 14.7. The minimum absolute atomic E-state index is 0.724. The van der Waals surface area contributed by atoms with E-state index in [2.05, 4.69) is 24.3 Å². The second-order valence-corrected chi connectivity index (χ2v) is 6.62. The van der Waals surface area contributed by atoms with Crippen molar-refractivity contribution in [3.8, 4) is 11.3 Å². The van der Waals surface area contributed by atoms with E-state index < -0.39 is 0 Å². The Morgan fingerprint density at radius 1 is 0.760 bits per heavy atom. The molecule has 0 aliphatic carbocycles. The number of hydrogen-bond donors (Lipinski definition) is 0. The molecule has 25 heavy (non-hydrogen) atoms. The molecule has 0 saturated carbocycles. The molecule has 122 valence electrons. The second-order valence-electron chi connectivity index (χ2n) is 5.74. The molecule has 0 saturated heterocycles. The Bertz CT molecular complexity index is 1050. The summed E-state index contributed by atoms with van der Waals surface area (Å²) < 4.78 is 2.02. The first-order valence-corrected chi connectivity index (χ1v) is 8.61. The third kappa shape index (κ3) is 3.60. The molecule has 0 amide bonds. The molecule has 2 aromatic heterocycles. The van der Waals surface area contributed by atoms with E-state index in [-0.39, 0.29) is 0 Å².